The van der Waals surface area contributed by atoms with Crippen molar-refractivity contribution >= 4 is 80.0 Å². The zero-order valence-corrected chi connectivity index (χ0v) is 15.3. The van der Waals surface area contributed by atoms with Crippen molar-refractivity contribution in [1.29, 1.82) is 0 Å². The third kappa shape index (κ3) is 2.57. The van der Waals surface area contributed by atoms with Crippen LogP contribution in [0.1, 0.15) is 0 Å². The van der Waals surface area contributed by atoms with E-state index in [0.29, 0.717) is 4.77 Å². The molecule has 3 rings (SSSR count). The van der Waals surface area contributed by atoms with Gasteiger partial charge in [0, 0.05) is 12.2 Å². The topological polar surface area (TPSA) is 20.7 Å². The van der Waals surface area contributed by atoms with E-state index in [-0.39, 0.29) is 0 Å². The molecule has 96 valence electrons. The van der Waals surface area contributed by atoms with Crippen LogP contribution >= 0.6 is 69.0 Å². The number of fused-ring (bicyclic) bond motifs is 1. The Morgan fingerprint density at radius 1 is 1.11 bits per heavy atom. The number of imidazole rings is 1. The largest absolute Gasteiger partial charge is 0.330 e. The highest BCUT2D eigenvalue weighted by molar-refractivity contribution is 14.1. The fourth-order valence-corrected chi connectivity index (χ4v) is 3.90. The molecule has 0 amide bonds. The molecule has 6 heteroatoms. The minimum atomic E-state index is 0.692. The maximum absolute atomic E-state index is 6.01. The average Bonchev–Trinajstić information content (AvgIpc) is 2.65. The zero-order chi connectivity index (χ0) is 13.6. The number of benzene rings is 2. The summed E-state index contributed by atoms with van der Waals surface area (Å²) in [6.07, 6.45) is 0. The summed E-state index contributed by atoms with van der Waals surface area (Å²) in [5.41, 5.74) is 3.16. The lowest BCUT2D eigenvalue weighted by Gasteiger charge is -2.07. The van der Waals surface area contributed by atoms with Gasteiger partial charge in [0.15, 0.2) is 4.77 Å². The Morgan fingerprint density at radius 3 is 2.63 bits per heavy atom. The van der Waals surface area contributed by atoms with Gasteiger partial charge in [0.05, 0.1) is 16.7 Å². The molecule has 0 radical (unpaired) electrons. The lowest BCUT2D eigenvalue weighted by Crippen LogP contribution is -1.96. The molecule has 0 aliphatic heterocycles. The van der Waals surface area contributed by atoms with Gasteiger partial charge in [0.1, 0.15) is 0 Å². The summed E-state index contributed by atoms with van der Waals surface area (Å²) in [6.45, 7) is 0. The molecule has 0 saturated heterocycles. The quantitative estimate of drug-likeness (QED) is 0.335. The highest BCUT2D eigenvalue weighted by Gasteiger charge is 2.10. The third-order valence-electron chi connectivity index (χ3n) is 2.79. The first-order valence-electron chi connectivity index (χ1n) is 5.42. The Morgan fingerprint density at radius 2 is 1.89 bits per heavy atom. The highest BCUT2D eigenvalue weighted by Crippen LogP contribution is 2.26. The summed E-state index contributed by atoms with van der Waals surface area (Å²) >= 11 is 16.0. The van der Waals surface area contributed by atoms with E-state index in [4.69, 9.17) is 23.8 Å². The van der Waals surface area contributed by atoms with Crippen LogP contribution in [0.3, 0.4) is 0 Å². The molecule has 2 nitrogen and oxygen atoms in total. The molecule has 19 heavy (non-hydrogen) atoms. The molecule has 1 aromatic heterocycles. The first-order chi connectivity index (χ1) is 9.06. The summed E-state index contributed by atoms with van der Waals surface area (Å²) in [5, 5.41) is 0.731. The molecule has 2 aromatic carbocycles. The number of nitrogens with zero attached hydrogens (tertiary/aromatic N) is 1. The van der Waals surface area contributed by atoms with E-state index in [0.717, 1.165) is 25.3 Å². The molecule has 1 N–H and O–H groups in total. The Labute approximate surface area is 147 Å². The molecular formula is C13H7ClI2N2S. The average molecular weight is 513 g/mol. The van der Waals surface area contributed by atoms with E-state index in [1.807, 2.05) is 22.8 Å². The second-order valence-electron chi connectivity index (χ2n) is 4.02. The second-order valence-corrected chi connectivity index (χ2v) is 7.25. The third-order valence-corrected chi connectivity index (χ3v) is 4.85. The second kappa shape index (κ2) is 5.34. The lowest BCUT2D eigenvalue weighted by molar-refractivity contribution is 1.06. The number of halogens is 3. The first-order valence-corrected chi connectivity index (χ1v) is 8.36. The molecule has 1 heterocycles. The smallest absolute Gasteiger partial charge is 0.182 e. The summed E-state index contributed by atoms with van der Waals surface area (Å²) < 4.78 is 4.98. The van der Waals surface area contributed by atoms with E-state index >= 15 is 0 Å². The van der Waals surface area contributed by atoms with Gasteiger partial charge in [-0.25, -0.2) is 0 Å². The first kappa shape index (κ1) is 13.8. The number of rotatable bonds is 1. The van der Waals surface area contributed by atoms with E-state index < -0.39 is 0 Å². The Kier molecular flexibility index (Phi) is 3.89. The van der Waals surface area contributed by atoms with Crippen molar-refractivity contribution in [1.82, 2.24) is 9.55 Å². The van der Waals surface area contributed by atoms with Gasteiger partial charge in [0.25, 0.3) is 0 Å². The van der Waals surface area contributed by atoms with E-state index in [2.05, 4.69) is 68.4 Å². The maximum atomic E-state index is 6.01. The molecule has 0 fully saturated rings. The van der Waals surface area contributed by atoms with Crippen molar-refractivity contribution in [3.05, 3.63) is 53.3 Å². The Balaban J connectivity index is 2.36. The number of aromatic amines is 1. The minimum Gasteiger partial charge on any atom is -0.330 e. The molecule has 0 atom stereocenters. The predicted octanol–water partition coefficient (Wildman–Crippen LogP) is 5.55. The van der Waals surface area contributed by atoms with Crippen LogP contribution < -0.4 is 0 Å². The van der Waals surface area contributed by atoms with Gasteiger partial charge < -0.3 is 4.98 Å². The number of nitrogens with one attached hydrogen (secondary N) is 1. The van der Waals surface area contributed by atoms with Crippen LogP contribution in [-0.2, 0) is 0 Å². The molecule has 0 aliphatic carbocycles. The standard InChI is InChI=1S/C13H7ClI2N2S/c14-7-1-3-11(9(16)5-7)18-12-4-2-8(15)6-10(12)17-13(18)19/h1-6H,(H,17,19). The normalized spacial score (nSPS) is 11.1. The van der Waals surface area contributed by atoms with Crippen LogP contribution in [0.5, 0.6) is 0 Å². The fraction of sp³-hybridized carbons (Fsp3) is 0. The summed E-state index contributed by atoms with van der Waals surface area (Å²) in [4.78, 5) is 3.24. The van der Waals surface area contributed by atoms with Crippen LogP contribution in [-0.4, -0.2) is 9.55 Å². The van der Waals surface area contributed by atoms with E-state index in [9.17, 15) is 0 Å². The summed E-state index contributed by atoms with van der Waals surface area (Å²) in [7, 11) is 0. The van der Waals surface area contributed by atoms with Gasteiger partial charge >= 0.3 is 0 Å². The van der Waals surface area contributed by atoms with Crippen LogP contribution in [0.15, 0.2) is 36.4 Å². The summed E-state index contributed by atoms with van der Waals surface area (Å²) in [6, 6.07) is 12.0. The van der Waals surface area contributed by atoms with E-state index in [1.54, 1.807) is 0 Å². The Bertz CT molecular complexity index is 838. The van der Waals surface area contributed by atoms with Crippen LogP contribution in [0, 0.1) is 11.9 Å². The van der Waals surface area contributed by atoms with Crippen molar-refractivity contribution in [3.63, 3.8) is 0 Å². The Hall–Kier alpha value is -0.120. The molecule has 0 bridgehead atoms. The molecule has 0 unspecified atom stereocenters. The van der Waals surface area contributed by atoms with Gasteiger partial charge in [-0.15, -0.1) is 0 Å². The van der Waals surface area contributed by atoms with Crippen molar-refractivity contribution in [2.45, 2.75) is 0 Å². The van der Waals surface area contributed by atoms with E-state index in [1.165, 1.54) is 3.57 Å². The number of H-pyrrole nitrogens is 1. The van der Waals surface area contributed by atoms with Crippen LogP contribution in [0.25, 0.3) is 16.7 Å². The van der Waals surface area contributed by atoms with Gasteiger partial charge in [-0.3, -0.25) is 4.57 Å². The van der Waals surface area contributed by atoms with Crippen molar-refractivity contribution in [3.8, 4) is 5.69 Å². The predicted molar refractivity (Wildman–Crippen MR) is 98.9 cm³/mol. The van der Waals surface area contributed by atoms with Crippen molar-refractivity contribution < 1.29 is 0 Å². The van der Waals surface area contributed by atoms with Gasteiger partial charge in [-0.2, -0.15) is 0 Å². The molecule has 0 saturated carbocycles. The van der Waals surface area contributed by atoms with Gasteiger partial charge in [-0.05, 0) is 93.8 Å². The van der Waals surface area contributed by atoms with Gasteiger partial charge in [0.2, 0.25) is 0 Å². The molecule has 0 spiro atoms. The minimum absolute atomic E-state index is 0.692. The van der Waals surface area contributed by atoms with Crippen LogP contribution in [0.2, 0.25) is 5.02 Å². The van der Waals surface area contributed by atoms with Crippen LogP contribution in [0.4, 0.5) is 0 Å². The maximum Gasteiger partial charge on any atom is 0.182 e. The number of hydrogen-bond acceptors (Lipinski definition) is 1. The highest BCUT2D eigenvalue weighted by atomic mass is 127. The molecular weight excluding hydrogens is 505 g/mol. The number of aromatic nitrogens is 2. The molecule has 3 aromatic rings. The molecule has 0 aliphatic rings. The van der Waals surface area contributed by atoms with Gasteiger partial charge in [-0.1, -0.05) is 11.6 Å². The summed E-state index contributed by atoms with van der Waals surface area (Å²) in [5.74, 6) is 0. The number of hydrogen-bond donors (Lipinski definition) is 1. The monoisotopic (exact) mass is 512 g/mol. The SMILES string of the molecule is S=c1[nH]c2cc(I)ccc2n1-c1ccc(Cl)cc1I. The zero-order valence-electron chi connectivity index (χ0n) is 9.45. The fourth-order valence-electron chi connectivity index (χ4n) is 1.99. The lowest BCUT2D eigenvalue weighted by atomic mass is 10.3. The van der Waals surface area contributed by atoms with Crippen molar-refractivity contribution in [2.75, 3.05) is 0 Å². The van der Waals surface area contributed by atoms with Crippen molar-refractivity contribution in [2.24, 2.45) is 0 Å².